The number of hydrogen-bond acceptors (Lipinski definition) is 5. The molecule has 3 amide bonds. The van der Waals surface area contributed by atoms with Crippen LogP contribution in [0.25, 0.3) is 0 Å². The van der Waals surface area contributed by atoms with Gasteiger partial charge in [-0.15, -0.1) is 11.3 Å². The van der Waals surface area contributed by atoms with E-state index in [2.05, 4.69) is 15.6 Å². The lowest BCUT2D eigenvalue weighted by atomic mass is 10.4. The van der Waals surface area contributed by atoms with E-state index in [4.69, 9.17) is 4.42 Å². The van der Waals surface area contributed by atoms with Gasteiger partial charge in [0, 0.05) is 11.9 Å². The number of nitrogens with one attached hydrogen (secondary N) is 2. The average molecular weight is 322 g/mol. The second-order valence-electron chi connectivity index (χ2n) is 4.53. The van der Waals surface area contributed by atoms with Crippen LogP contribution in [0.4, 0.5) is 9.93 Å². The summed E-state index contributed by atoms with van der Waals surface area (Å²) in [6.45, 7) is 4.43. The van der Waals surface area contributed by atoms with Crippen LogP contribution in [-0.4, -0.2) is 30.0 Å². The minimum Gasteiger partial charge on any atom is -0.467 e. The maximum absolute atomic E-state index is 12.2. The molecule has 8 heteroatoms. The van der Waals surface area contributed by atoms with Crippen LogP contribution in [0.5, 0.6) is 0 Å². The zero-order valence-electron chi connectivity index (χ0n) is 12.5. The first-order valence-corrected chi connectivity index (χ1v) is 7.74. The highest BCUT2D eigenvalue weighted by Crippen LogP contribution is 2.19. The molecule has 2 rings (SSSR count). The van der Waals surface area contributed by atoms with Crippen LogP contribution in [0.15, 0.2) is 28.2 Å². The number of furan rings is 1. The van der Waals surface area contributed by atoms with Crippen LogP contribution in [0.1, 0.15) is 18.4 Å². The van der Waals surface area contributed by atoms with Crippen LogP contribution in [0.2, 0.25) is 0 Å². The van der Waals surface area contributed by atoms with E-state index >= 15 is 0 Å². The molecule has 7 nitrogen and oxygen atoms in total. The normalized spacial score (nSPS) is 10.3. The summed E-state index contributed by atoms with van der Waals surface area (Å²) in [5.74, 6) is 0.444. The van der Waals surface area contributed by atoms with E-state index in [0.29, 0.717) is 17.4 Å². The number of rotatable bonds is 6. The summed E-state index contributed by atoms with van der Waals surface area (Å²) in [4.78, 5) is 29.6. The molecule has 0 unspecified atom stereocenters. The second kappa shape index (κ2) is 7.60. The minimum atomic E-state index is -0.420. The Balaban J connectivity index is 1.79. The fraction of sp³-hybridized carbons (Fsp3) is 0.357. The van der Waals surface area contributed by atoms with Gasteiger partial charge in [0.2, 0.25) is 5.91 Å². The summed E-state index contributed by atoms with van der Waals surface area (Å²) in [6, 6.07) is 3.08. The maximum Gasteiger partial charge on any atom is 0.315 e. The predicted octanol–water partition coefficient (Wildman–Crippen LogP) is 1.90. The molecule has 0 saturated carbocycles. The molecule has 0 bridgehead atoms. The summed E-state index contributed by atoms with van der Waals surface area (Å²) in [5, 5.41) is 7.67. The summed E-state index contributed by atoms with van der Waals surface area (Å²) < 4.78 is 5.10. The highest BCUT2D eigenvalue weighted by molar-refractivity contribution is 7.14. The maximum atomic E-state index is 12.2. The van der Waals surface area contributed by atoms with Gasteiger partial charge in [-0.3, -0.25) is 9.69 Å². The van der Waals surface area contributed by atoms with Crippen molar-refractivity contribution in [1.29, 1.82) is 0 Å². The van der Waals surface area contributed by atoms with Gasteiger partial charge in [0.25, 0.3) is 0 Å². The van der Waals surface area contributed by atoms with E-state index in [1.807, 2.05) is 19.2 Å². The fourth-order valence-electron chi connectivity index (χ4n) is 1.78. The molecule has 0 aliphatic rings. The largest absolute Gasteiger partial charge is 0.467 e. The van der Waals surface area contributed by atoms with Crippen LogP contribution in [0.3, 0.4) is 0 Å². The standard InChI is InChI=1S/C14H18N4O3S/c1-3-18(14-17-10(2)9-22-14)12(19)8-16-13(20)15-7-11-5-4-6-21-11/h4-6,9H,3,7-8H2,1-2H3,(H2,15,16,20). The molecule has 0 aromatic carbocycles. The van der Waals surface area contributed by atoms with E-state index in [1.54, 1.807) is 17.0 Å². The molecule has 0 aliphatic heterocycles. The third-order valence-electron chi connectivity index (χ3n) is 2.86. The Morgan fingerprint density at radius 2 is 2.23 bits per heavy atom. The number of aryl methyl sites for hydroxylation is 1. The fourth-order valence-corrected chi connectivity index (χ4v) is 2.66. The van der Waals surface area contributed by atoms with Crippen LogP contribution < -0.4 is 15.5 Å². The van der Waals surface area contributed by atoms with Gasteiger partial charge in [0.15, 0.2) is 5.13 Å². The Kier molecular flexibility index (Phi) is 5.54. The first kappa shape index (κ1) is 16.0. The molecule has 118 valence electrons. The van der Waals surface area contributed by atoms with Crippen molar-refractivity contribution in [3.8, 4) is 0 Å². The monoisotopic (exact) mass is 322 g/mol. The van der Waals surface area contributed by atoms with Crippen molar-refractivity contribution in [2.45, 2.75) is 20.4 Å². The number of thiazole rings is 1. The SMILES string of the molecule is CCN(C(=O)CNC(=O)NCc1ccco1)c1nc(C)cs1. The molecule has 0 spiro atoms. The van der Waals surface area contributed by atoms with Gasteiger partial charge in [-0.05, 0) is 26.0 Å². The Bertz CT molecular complexity index is 624. The van der Waals surface area contributed by atoms with Crippen molar-refractivity contribution in [2.24, 2.45) is 0 Å². The lowest BCUT2D eigenvalue weighted by Gasteiger charge is -2.18. The number of aromatic nitrogens is 1. The molecule has 0 saturated heterocycles. The second-order valence-corrected chi connectivity index (χ2v) is 5.36. The van der Waals surface area contributed by atoms with Crippen molar-refractivity contribution in [3.63, 3.8) is 0 Å². The molecule has 0 aliphatic carbocycles. The van der Waals surface area contributed by atoms with Crippen LogP contribution >= 0.6 is 11.3 Å². The molecule has 22 heavy (non-hydrogen) atoms. The summed E-state index contributed by atoms with van der Waals surface area (Å²) in [5.41, 5.74) is 0.871. The van der Waals surface area contributed by atoms with E-state index in [9.17, 15) is 9.59 Å². The zero-order chi connectivity index (χ0) is 15.9. The number of anilines is 1. The van der Waals surface area contributed by atoms with E-state index in [-0.39, 0.29) is 19.0 Å². The van der Waals surface area contributed by atoms with E-state index < -0.39 is 6.03 Å². The number of amides is 3. The van der Waals surface area contributed by atoms with E-state index in [1.165, 1.54) is 17.6 Å². The van der Waals surface area contributed by atoms with Crippen molar-refractivity contribution in [1.82, 2.24) is 15.6 Å². The number of likely N-dealkylation sites (N-methyl/N-ethyl adjacent to an activating group) is 1. The first-order valence-electron chi connectivity index (χ1n) is 6.86. The van der Waals surface area contributed by atoms with Gasteiger partial charge in [-0.1, -0.05) is 0 Å². The third-order valence-corrected chi connectivity index (χ3v) is 3.84. The Morgan fingerprint density at radius 1 is 1.41 bits per heavy atom. The van der Waals surface area contributed by atoms with Crippen LogP contribution in [-0.2, 0) is 11.3 Å². The summed E-state index contributed by atoms with van der Waals surface area (Å²) >= 11 is 1.41. The Morgan fingerprint density at radius 3 is 2.82 bits per heavy atom. The van der Waals surface area contributed by atoms with Gasteiger partial charge in [0.1, 0.15) is 5.76 Å². The molecule has 2 N–H and O–H groups in total. The third kappa shape index (κ3) is 4.32. The smallest absolute Gasteiger partial charge is 0.315 e. The molecular weight excluding hydrogens is 304 g/mol. The highest BCUT2D eigenvalue weighted by Gasteiger charge is 2.17. The van der Waals surface area contributed by atoms with Crippen LogP contribution in [0, 0.1) is 6.92 Å². The molecule has 2 heterocycles. The highest BCUT2D eigenvalue weighted by atomic mass is 32.1. The lowest BCUT2D eigenvalue weighted by Crippen LogP contribution is -2.43. The summed E-state index contributed by atoms with van der Waals surface area (Å²) in [6.07, 6.45) is 1.54. The molecule has 0 fully saturated rings. The van der Waals surface area contributed by atoms with Crippen molar-refractivity contribution < 1.29 is 14.0 Å². The average Bonchev–Trinajstić information content (AvgIpc) is 3.15. The first-order chi connectivity index (χ1) is 10.6. The minimum absolute atomic E-state index is 0.0868. The number of carbonyl (C=O) groups excluding carboxylic acids is 2. The number of carbonyl (C=O) groups is 2. The molecule has 2 aromatic rings. The molecule has 0 atom stereocenters. The van der Waals surface area contributed by atoms with Gasteiger partial charge in [-0.2, -0.15) is 0 Å². The van der Waals surface area contributed by atoms with E-state index in [0.717, 1.165) is 5.69 Å². The van der Waals surface area contributed by atoms with Gasteiger partial charge < -0.3 is 15.1 Å². The molecule has 2 aromatic heterocycles. The Hall–Kier alpha value is -2.35. The van der Waals surface area contributed by atoms with Gasteiger partial charge in [-0.25, -0.2) is 9.78 Å². The topological polar surface area (TPSA) is 87.5 Å². The van der Waals surface area contributed by atoms with Crippen molar-refractivity contribution in [2.75, 3.05) is 18.0 Å². The lowest BCUT2D eigenvalue weighted by molar-refractivity contribution is -0.117. The Labute approximate surface area is 132 Å². The quantitative estimate of drug-likeness (QED) is 0.850. The van der Waals surface area contributed by atoms with Crippen molar-refractivity contribution >= 4 is 28.4 Å². The number of urea groups is 1. The molecule has 0 radical (unpaired) electrons. The number of nitrogens with zero attached hydrogens (tertiary/aromatic N) is 2. The van der Waals surface area contributed by atoms with Gasteiger partial charge >= 0.3 is 6.03 Å². The zero-order valence-corrected chi connectivity index (χ0v) is 13.3. The van der Waals surface area contributed by atoms with Gasteiger partial charge in [0.05, 0.1) is 25.0 Å². The molecular formula is C14H18N4O3S. The predicted molar refractivity (Wildman–Crippen MR) is 83.8 cm³/mol. The summed E-state index contributed by atoms with van der Waals surface area (Å²) in [7, 11) is 0. The van der Waals surface area contributed by atoms with Crippen molar-refractivity contribution in [3.05, 3.63) is 35.2 Å². The number of hydrogen-bond donors (Lipinski definition) is 2.